The molecule has 0 saturated heterocycles. The van der Waals surface area contributed by atoms with Gasteiger partial charge >= 0.3 is 5.69 Å². The molecule has 7 nitrogen and oxygen atoms in total. The highest BCUT2D eigenvalue weighted by atomic mass is 16.2. The summed E-state index contributed by atoms with van der Waals surface area (Å²) in [6.45, 7) is 5.53. The number of hydrogen-bond acceptors (Lipinski definition) is 4. The van der Waals surface area contributed by atoms with E-state index >= 15 is 0 Å². The van der Waals surface area contributed by atoms with Crippen molar-refractivity contribution in [2.45, 2.75) is 33.4 Å². The van der Waals surface area contributed by atoms with Crippen molar-refractivity contribution < 1.29 is 4.79 Å². The highest BCUT2D eigenvalue weighted by Gasteiger charge is 2.21. The van der Waals surface area contributed by atoms with Crippen LogP contribution in [-0.4, -0.2) is 20.3 Å². The minimum atomic E-state index is -0.700. The van der Waals surface area contributed by atoms with E-state index in [2.05, 4.69) is 10.4 Å². The van der Waals surface area contributed by atoms with Crippen LogP contribution in [0.3, 0.4) is 0 Å². The molecule has 0 radical (unpaired) electrons. The molecule has 7 heteroatoms. The van der Waals surface area contributed by atoms with Gasteiger partial charge in [0.2, 0.25) is 5.69 Å². The average molecular weight is 378 g/mol. The number of carbonyl (C=O) groups excluding carboxylic acids is 1. The Morgan fingerprint density at radius 2 is 1.82 bits per heavy atom. The number of aryl methyl sites for hydroxylation is 1. The van der Waals surface area contributed by atoms with Gasteiger partial charge in [-0.15, -0.1) is 0 Å². The van der Waals surface area contributed by atoms with Gasteiger partial charge in [-0.1, -0.05) is 42.5 Å². The van der Waals surface area contributed by atoms with E-state index in [1.807, 2.05) is 50.2 Å². The summed E-state index contributed by atoms with van der Waals surface area (Å²) in [6.07, 6.45) is 0. The van der Waals surface area contributed by atoms with Crippen LogP contribution in [0.5, 0.6) is 0 Å². The Labute approximate surface area is 162 Å². The van der Waals surface area contributed by atoms with Crippen molar-refractivity contribution in [3.8, 4) is 5.69 Å². The first-order valence-electron chi connectivity index (χ1n) is 9.09. The Hall–Kier alpha value is -3.48. The number of carbonyl (C=O) groups is 1. The minimum absolute atomic E-state index is 0.139. The molecule has 1 atom stereocenters. The van der Waals surface area contributed by atoms with Crippen LogP contribution in [0.4, 0.5) is 0 Å². The number of nitrogens with one attached hydrogen (secondary N) is 1. The molecule has 3 rings (SSSR count). The molecule has 0 aliphatic rings. The number of rotatable bonds is 5. The highest BCUT2D eigenvalue weighted by Crippen LogP contribution is 2.11. The fourth-order valence-corrected chi connectivity index (χ4v) is 2.95. The van der Waals surface area contributed by atoms with E-state index in [0.717, 1.165) is 20.4 Å². The number of amides is 1. The average Bonchev–Trinajstić information content (AvgIpc) is 2.69. The Morgan fingerprint density at radius 1 is 1.11 bits per heavy atom. The van der Waals surface area contributed by atoms with Gasteiger partial charge < -0.3 is 5.32 Å². The van der Waals surface area contributed by atoms with Gasteiger partial charge in [0.25, 0.3) is 11.5 Å². The van der Waals surface area contributed by atoms with Crippen LogP contribution in [-0.2, 0) is 6.54 Å². The molecule has 144 valence electrons. The van der Waals surface area contributed by atoms with Crippen molar-refractivity contribution in [2.24, 2.45) is 0 Å². The van der Waals surface area contributed by atoms with Crippen LogP contribution in [0.1, 0.15) is 41.5 Å². The smallest absolute Gasteiger partial charge is 0.344 e. The molecule has 0 unspecified atom stereocenters. The predicted molar refractivity (Wildman–Crippen MR) is 107 cm³/mol. The number of benzene rings is 2. The zero-order valence-electron chi connectivity index (χ0n) is 16.0. The molecule has 0 aliphatic carbocycles. The topological polar surface area (TPSA) is 86.0 Å². The van der Waals surface area contributed by atoms with E-state index < -0.39 is 17.2 Å². The first-order chi connectivity index (χ1) is 13.4. The molecule has 3 aromatic rings. The van der Waals surface area contributed by atoms with E-state index in [0.29, 0.717) is 5.69 Å². The maximum Gasteiger partial charge on any atom is 0.352 e. The van der Waals surface area contributed by atoms with Crippen molar-refractivity contribution in [3.05, 3.63) is 92.3 Å². The zero-order chi connectivity index (χ0) is 20.3. The van der Waals surface area contributed by atoms with Crippen molar-refractivity contribution in [3.63, 3.8) is 0 Å². The number of aromatic nitrogens is 3. The fraction of sp³-hybridized carbons (Fsp3) is 0.238. The van der Waals surface area contributed by atoms with E-state index in [1.165, 1.54) is 0 Å². The normalized spacial score (nSPS) is 11.8. The Balaban J connectivity index is 2.05. The predicted octanol–water partition coefficient (Wildman–Crippen LogP) is 2.21. The molecule has 1 N–H and O–H groups in total. The quantitative estimate of drug-likeness (QED) is 0.738. The summed E-state index contributed by atoms with van der Waals surface area (Å²) in [7, 11) is 0. The summed E-state index contributed by atoms with van der Waals surface area (Å²) in [4.78, 5) is 38.1. The molecule has 2 aromatic carbocycles. The third-order valence-electron chi connectivity index (χ3n) is 4.48. The molecule has 1 amide bonds. The standard InChI is InChI=1S/C21H22N4O3/c1-4-24-20(27)18(19(26)22-15(3)16-10-6-5-7-11-16)23-25(21(24)28)17-12-8-9-14(2)13-17/h5-13,15H,4H2,1-3H3,(H,22,26)/t15-/m1/s1. The molecule has 0 aliphatic heterocycles. The minimum Gasteiger partial charge on any atom is -0.344 e. The largest absolute Gasteiger partial charge is 0.352 e. The molecule has 1 aromatic heterocycles. The monoisotopic (exact) mass is 378 g/mol. The first kappa shape index (κ1) is 19.3. The van der Waals surface area contributed by atoms with E-state index in [1.54, 1.807) is 25.1 Å². The lowest BCUT2D eigenvalue weighted by Gasteiger charge is -2.15. The molecule has 0 bridgehead atoms. The fourth-order valence-electron chi connectivity index (χ4n) is 2.95. The lowest BCUT2D eigenvalue weighted by molar-refractivity contribution is 0.0930. The Morgan fingerprint density at radius 3 is 2.46 bits per heavy atom. The lowest BCUT2D eigenvalue weighted by Crippen LogP contribution is -2.45. The van der Waals surface area contributed by atoms with Crippen molar-refractivity contribution in [1.82, 2.24) is 19.7 Å². The summed E-state index contributed by atoms with van der Waals surface area (Å²) in [5.41, 5.74) is 0.742. The molecular formula is C21H22N4O3. The summed E-state index contributed by atoms with van der Waals surface area (Å²) in [5, 5.41) is 6.88. The zero-order valence-corrected chi connectivity index (χ0v) is 16.0. The molecule has 0 fully saturated rings. The highest BCUT2D eigenvalue weighted by molar-refractivity contribution is 5.92. The van der Waals surface area contributed by atoms with E-state index in [-0.39, 0.29) is 18.3 Å². The van der Waals surface area contributed by atoms with Crippen LogP contribution < -0.4 is 16.6 Å². The third kappa shape index (κ3) is 3.78. The van der Waals surface area contributed by atoms with Gasteiger partial charge in [0.1, 0.15) is 0 Å². The van der Waals surface area contributed by atoms with Gasteiger partial charge in [0, 0.05) is 6.54 Å². The summed E-state index contributed by atoms with van der Waals surface area (Å²) < 4.78 is 2.11. The maximum absolute atomic E-state index is 12.8. The van der Waals surface area contributed by atoms with Crippen molar-refractivity contribution >= 4 is 5.91 Å². The van der Waals surface area contributed by atoms with Crippen LogP contribution in [0.15, 0.2) is 64.2 Å². The second-order valence-electron chi connectivity index (χ2n) is 6.54. The van der Waals surface area contributed by atoms with Crippen molar-refractivity contribution in [2.75, 3.05) is 0 Å². The molecule has 0 saturated carbocycles. The van der Waals surface area contributed by atoms with Crippen LogP contribution >= 0.6 is 0 Å². The van der Waals surface area contributed by atoms with Gasteiger partial charge in [-0.25, -0.2) is 4.79 Å². The first-order valence-corrected chi connectivity index (χ1v) is 9.09. The molecule has 28 heavy (non-hydrogen) atoms. The summed E-state index contributed by atoms with van der Waals surface area (Å²) >= 11 is 0. The number of hydrogen-bond donors (Lipinski definition) is 1. The van der Waals surface area contributed by atoms with Crippen molar-refractivity contribution in [1.29, 1.82) is 0 Å². The van der Waals surface area contributed by atoms with Gasteiger partial charge in [0.15, 0.2) is 0 Å². The van der Waals surface area contributed by atoms with Crippen LogP contribution in [0.2, 0.25) is 0 Å². The van der Waals surface area contributed by atoms with Gasteiger partial charge in [0.05, 0.1) is 11.7 Å². The molecule has 1 heterocycles. The summed E-state index contributed by atoms with van der Waals surface area (Å²) in [5.74, 6) is -0.620. The Kier molecular flexibility index (Phi) is 5.54. The second-order valence-corrected chi connectivity index (χ2v) is 6.54. The van der Waals surface area contributed by atoms with Gasteiger partial charge in [-0.05, 0) is 44.0 Å². The van der Waals surface area contributed by atoms with E-state index in [9.17, 15) is 14.4 Å². The van der Waals surface area contributed by atoms with Crippen LogP contribution in [0, 0.1) is 6.92 Å². The van der Waals surface area contributed by atoms with Crippen LogP contribution in [0.25, 0.3) is 5.69 Å². The molecular weight excluding hydrogens is 356 g/mol. The lowest BCUT2D eigenvalue weighted by atomic mass is 10.1. The Bertz CT molecular complexity index is 1120. The molecule has 0 spiro atoms. The SMILES string of the molecule is CCn1c(=O)c(C(=O)N[C@H](C)c2ccccc2)nn(-c2cccc(C)c2)c1=O. The maximum atomic E-state index is 12.8. The van der Waals surface area contributed by atoms with E-state index in [4.69, 9.17) is 0 Å². The third-order valence-corrected chi connectivity index (χ3v) is 4.48. The summed E-state index contributed by atoms with van der Waals surface area (Å²) in [6, 6.07) is 16.2. The van der Waals surface area contributed by atoms with Gasteiger partial charge in [-0.3, -0.25) is 14.2 Å². The number of nitrogens with zero attached hydrogens (tertiary/aromatic N) is 3. The second kappa shape index (κ2) is 8.04. The van der Waals surface area contributed by atoms with Gasteiger partial charge in [-0.2, -0.15) is 9.78 Å².